The molecule has 6 heteroatoms. The molecule has 2 rings (SSSR count). The number of hydrogen-bond acceptors (Lipinski definition) is 4. The normalized spacial score (nSPS) is 11.6. The van der Waals surface area contributed by atoms with Crippen LogP contribution < -0.4 is 10.9 Å². The third-order valence-corrected chi connectivity index (χ3v) is 3.02. The molecule has 110 valence electrons. The molecule has 0 radical (unpaired) electrons. The summed E-state index contributed by atoms with van der Waals surface area (Å²) in [5.74, 6) is 0. The lowest BCUT2D eigenvalue weighted by molar-refractivity contribution is 0.0771. The van der Waals surface area contributed by atoms with Crippen LogP contribution in [0, 0.1) is 0 Å². The molecule has 0 amide bonds. The Morgan fingerprint density at radius 2 is 2.20 bits per heavy atom. The van der Waals surface area contributed by atoms with E-state index in [2.05, 4.69) is 10.4 Å². The van der Waals surface area contributed by atoms with Crippen molar-refractivity contribution in [2.45, 2.75) is 32.9 Å². The second kappa shape index (κ2) is 7.21. The lowest BCUT2D eigenvalue weighted by Gasteiger charge is -2.09. The minimum absolute atomic E-state index is 0.00468. The van der Waals surface area contributed by atoms with Gasteiger partial charge in [-0.05, 0) is 32.9 Å². The lowest BCUT2D eigenvalue weighted by atomic mass is 10.4. The Bertz CT molecular complexity index is 588. The van der Waals surface area contributed by atoms with Gasteiger partial charge in [-0.25, -0.2) is 4.52 Å². The maximum absolute atomic E-state index is 12.1. The number of nitrogens with zero attached hydrogens (tertiary/aromatic N) is 3. The highest BCUT2D eigenvalue weighted by atomic mass is 16.5. The van der Waals surface area contributed by atoms with E-state index in [1.54, 1.807) is 33.7 Å². The SMILES string of the molecule is CC(C)OCCCNCCn1ccn2nccc2c1=O. The van der Waals surface area contributed by atoms with Crippen LogP contribution in [0.1, 0.15) is 20.3 Å². The quantitative estimate of drug-likeness (QED) is 0.729. The number of rotatable bonds is 8. The summed E-state index contributed by atoms with van der Waals surface area (Å²) in [7, 11) is 0. The monoisotopic (exact) mass is 278 g/mol. The molecular formula is C14H22N4O2. The first-order valence-electron chi connectivity index (χ1n) is 7.03. The van der Waals surface area contributed by atoms with Gasteiger partial charge in [-0.3, -0.25) is 4.79 Å². The van der Waals surface area contributed by atoms with Crippen molar-refractivity contribution in [2.75, 3.05) is 19.7 Å². The summed E-state index contributed by atoms with van der Waals surface area (Å²) >= 11 is 0. The maximum atomic E-state index is 12.1. The van der Waals surface area contributed by atoms with Gasteiger partial charge in [-0.15, -0.1) is 0 Å². The van der Waals surface area contributed by atoms with Gasteiger partial charge < -0.3 is 14.6 Å². The molecule has 0 spiro atoms. The van der Waals surface area contributed by atoms with E-state index in [1.165, 1.54) is 0 Å². The van der Waals surface area contributed by atoms with Gasteiger partial charge in [0.25, 0.3) is 5.56 Å². The number of aromatic nitrogens is 3. The summed E-state index contributed by atoms with van der Waals surface area (Å²) in [4.78, 5) is 12.1. The predicted molar refractivity (Wildman–Crippen MR) is 78.0 cm³/mol. The summed E-state index contributed by atoms with van der Waals surface area (Å²) < 4.78 is 8.76. The fraction of sp³-hybridized carbons (Fsp3) is 0.571. The van der Waals surface area contributed by atoms with Crippen molar-refractivity contribution in [1.82, 2.24) is 19.5 Å². The van der Waals surface area contributed by atoms with Gasteiger partial charge in [0, 0.05) is 32.1 Å². The van der Waals surface area contributed by atoms with Crippen molar-refractivity contribution >= 4 is 5.52 Å². The van der Waals surface area contributed by atoms with Crippen LogP contribution in [0.15, 0.2) is 29.5 Å². The Kier molecular flexibility index (Phi) is 5.31. The highest BCUT2D eigenvalue weighted by Gasteiger charge is 2.02. The molecule has 2 aromatic heterocycles. The van der Waals surface area contributed by atoms with Crippen LogP contribution in [0.25, 0.3) is 5.52 Å². The highest BCUT2D eigenvalue weighted by molar-refractivity contribution is 5.42. The molecule has 1 N–H and O–H groups in total. The molecule has 0 saturated heterocycles. The number of fused-ring (bicyclic) bond motifs is 1. The van der Waals surface area contributed by atoms with Crippen LogP contribution in [0.5, 0.6) is 0 Å². The summed E-state index contributed by atoms with van der Waals surface area (Å²) in [6.07, 6.45) is 6.47. The molecule has 0 aliphatic heterocycles. The topological polar surface area (TPSA) is 60.6 Å². The third kappa shape index (κ3) is 3.91. The lowest BCUT2D eigenvalue weighted by Crippen LogP contribution is -2.28. The van der Waals surface area contributed by atoms with E-state index in [0.717, 1.165) is 26.1 Å². The van der Waals surface area contributed by atoms with Crippen molar-refractivity contribution in [3.63, 3.8) is 0 Å². The third-order valence-electron chi connectivity index (χ3n) is 3.02. The zero-order chi connectivity index (χ0) is 14.4. The minimum Gasteiger partial charge on any atom is -0.379 e. The van der Waals surface area contributed by atoms with Crippen molar-refractivity contribution in [3.8, 4) is 0 Å². The molecule has 0 unspecified atom stereocenters. The molecule has 0 fully saturated rings. The summed E-state index contributed by atoms with van der Waals surface area (Å²) in [5, 5.41) is 7.35. The molecule has 6 nitrogen and oxygen atoms in total. The molecule has 0 bridgehead atoms. The van der Waals surface area contributed by atoms with Crippen molar-refractivity contribution < 1.29 is 4.74 Å². The molecule has 0 aliphatic carbocycles. The van der Waals surface area contributed by atoms with E-state index in [0.29, 0.717) is 12.1 Å². The molecule has 2 aromatic rings. The number of ether oxygens (including phenoxy) is 1. The van der Waals surface area contributed by atoms with Crippen molar-refractivity contribution in [3.05, 3.63) is 35.0 Å². The Labute approximate surface area is 118 Å². The Balaban J connectivity index is 1.73. The van der Waals surface area contributed by atoms with Gasteiger partial charge in [-0.2, -0.15) is 5.10 Å². The molecule has 0 atom stereocenters. The van der Waals surface area contributed by atoms with Crippen LogP contribution in [0.4, 0.5) is 0 Å². The van der Waals surface area contributed by atoms with E-state index in [9.17, 15) is 4.79 Å². The average Bonchev–Trinajstić information content (AvgIpc) is 2.89. The van der Waals surface area contributed by atoms with Crippen LogP contribution in [-0.2, 0) is 11.3 Å². The maximum Gasteiger partial charge on any atom is 0.276 e. The van der Waals surface area contributed by atoms with Crippen molar-refractivity contribution in [1.29, 1.82) is 0 Å². The van der Waals surface area contributed by atoms with Gasteiger partial charge in [0.15, 0.2) is 0 Å². The Morgan fingerprint density at radius 3 is 3.00 bits per heavy atom. The molecule has 0 aromatic carbocycles. The second-order valence-corrected chi connectivity index (χ2v) is 4.98. The Morgan fingerprint density at radius 1 is 1.35 bits per heavy atom. The van der Waals surface area contributed by atoms with E-state index in [4.69, 9.17) is 4.74 Å². The van der Waals surface area contributed by atoms with Gasteiger partial charge >= 0.3 is 0 Å². The first-order valence-corrected chi connectivity index (χ1v) is 7.03. The summed E-state index contributed by atoms with van der Waals surface area (Å²) in [6.45, 7) is 7.17. The van der Waals surface area contributed by atoms with Gasteiger partial charge in [0.2, 0.25) is 0 Å². The molecule has 0 saturated carbocycles. The van der Waals surface area contributed by atoms with Gasteiger partial charge in [-0.1, -0.05) is 0 Å². The van der Waals surface area contributed by atoms with Crippen LogP contribution in [0.2, 0.25) is 0 Å². The molecule has 2 heterocycles. The van der Waals surface area contributed by atoms with E-state index >= 15 is 0 Å². The van der Waals surface area contributed by atoms with Gasteiger partial charge in [0.05, 0.1) is 12.3 Å². The number of hydrogen-bond donors (Lipinski definition) is 1. The average molecular weight is 278 g/mol. The molecular weight excluding hydrogens is 256 g/mol. The smallest absolute Gasteiger partial charge is 0.276 e. The summed E-state index contributed by atoms with van der Waals surface area (Å²) in [6, 6.07) is 1.73. The van der Waals surface area contributed by atoms with Crippen LogP contribution >= 0.6 is 0 Å². The zero-order valence-electron chi connectivity index (χ0n) is 12.1. The van der Waals surface area contributed by atoms with Crippen LogP contribution in [0.3, 0.4) is 0 Å². The summed E-state index contributed by atoms with van der Waals surface area (Å²) in [5.41, 5.74) is 0.604. The first kappa shape index (κ1) is 14.7. The standard InChI is InChI=1S/C14H22N4O2/c1-12(2)20-11-3-5-15-7-8-17-9-10-18-13(14(17)19)4-6-16-18/h4,6,9-10,12,15H,3,5,7-8,11H2,1-2H3. The first-order chi connectivity index (χ1) is 9.68. The predicted octanol–water partition coefficient (Wildman–Crippen LogP) is 0.901. The minimum atomic E-state index is -0.00468. The Hall–Kier alpha value is -1.66. The van der Waals surface area contributed by atoms with E-state index < -0.39 is 0 Å². The number of nitrogens with one attached hydrogen (secondary N) is 1. The van der Waals surface area contributed by atoms with Crippen molar-refractivity contribution in [2.24, 2.45) is 0 Å². The fourth-order valence-electron chi connectivity index (χ4n) is 1.98. The zero-order valence-corrected chi connectivity index (χ0v) is 12.1. The molecule has 0 aliphatic rings. The van der Waals surface area contributed by atoms with E-state index in [1.807, 2.05) is 13.8 Å². The second-order valence-electron chi connectivity index (χ2n) is 4.98. The van der Waals surface area contributed by atoms with Gasteiger partial charge in [0.1, 0.15) is 5.52 Å². The molecule has 20 heavy (non-hydrogen) atoms. The van der Waals surface area contributed by atoms with E-state index in [-0.39, 0.29) is 11.7 Å². The largest absolute Gasteiger partial charge is 0.379 e. The fourth-order valence-corrected chi connectivity index (χ4v) is 1.98. The van der Waals surface area contributed by atoms with Crippen LogP contribution in [-0.4, -0.2) is 40.0 Å². The highest BCUT2D eigenvalue weighted by Crippen LogP contribution is 1.94.